The molecule has 0 bridgehead atoms. The minimum atomic E-state index is -0.224. The molecule has 0 saturated carbocycles. The van der Waals surface area contributed by atoms with Crippen molar-refractivity contribution in [3.05, 3.63) is 29.0 Å². The summed E-state index contributed by atoms with van der Waals surface area (Å²) in [5.74, 6) is 0.387. The number of anilines is 1. The van der Waals surface area contributed by atoms with Gasteiger partial charge < -0.3 is 10.2 Å². The molecule has 1 aromatic rings. The Morgan fingerprint density at radius 2 is 2.38 bits per heavy atom. The Morgan fingerprint density at radius 1 is 1.56 bits per heavy atom. The summed E-state index contributed by atoms with van der Waals surface area (Å²) in [4.78, 5) is 2.09. The van der Waals surface area contributed by atoms with Gasteiger partial charge in [-0.2, -0.15) is 0 Å². The molecular formula is C12H16ClFN2. The molecule has 0 aliphatic carbocycles. The highest BCUT2D eigenvalue weighted by atomic mass is 35.5. The number of rotatable bonds is 3. The van der Waals surface area contributed by atoms with Gasteiger partial charge in [-0.1, -0.05) is 11.6 Å². The molecule has 4 heteroatoms. The quantitative estimate of drug-likeness (QED) is 0.876. The molecule has 1 N–H and O–H groups in total. The van der Waals surface area contributed by atoms with Crippen LogP contribution in [-0.4, -0.2) is 26.7 Å². The summed E-state index contributed by atoms with van der Waals surface area (Å²) in [5.41, 5.74) is 0.669. The fraction of sp³-hybridized carbons (Fsp3) is 0.500. The summed E-state index contributed by atoms with van der Waals surface area (Å²) in [6.45, 7) is 2.83. The summed E-state index contributed by atoms with van der Waals surface area (Å²) < 4.78 is 13.7. The molecule has 2 nitrogen and oxygen atoms in total. The van der Waals surface area contributed by atoms with Gasteiger partial charge in [0.1, 0.15) is 5.82 Å². The first-order valence-electron chi connectivity index (χ1n) is 5.55. The maximum absolute atomic E-state index is 13.7. The van der Waals surface area contributed by atoms with Crippen LogP contribution in [0.3, 0.4) is 0 Å². The highest BCUT2D eigenvalue weighted by molar-refractivity contribution is 6.30. The number of benzene rings is 1. The zero-order valence-electron chi connectivity index (χ0n) is 9.34. The van der Waals surface area contributed by atoms with Crippen molar-refractivity contribution in [1.29, 1.82) is 0 Å². The number of hydrogen-bond donors (Lipinski definition) is 1. The Kier molecular flexibility index (Phi) is 3.66. The van der Waals surface area contributed by atoms with Crippen molar-refractivity contribution in [2.45, 2.75) is 6.42 Å². The second-order valence-corrected chi connectivity index (χ2v) is 4.69. The molecule has 88 valence electrons. The van der Waals surface area contributed by atoms with E-state index >= 15 is 0 Å². The van der Waals surface area contributed by atoms with Crippen LogP contribution in [0.1, 0.15) is 6.42 Å². The Morgan fingerprint density at radius 3 is 3.06 bits per heavy atom. The average Bonchev–Trinajstić information content (AvgIpc) is 2.67. The van der Waals surface area contributed by atoms with Crippen molar-refractivity contribution >= 4 is 17.3 Å². The van der Waals surface area contributed by atoms with Crippen LogP contribution in [-0.2, 0) is 0 Å². The summed E-state index contributed by atoms with van der Waals surface area (Å²) >= 11 is 5.73. The molecule has 1 aromatic carbocycles. The first-order chi connectivity index (χ1) is 7.70. The van der Waals surface area contributed by atoms with E-state index in [1.165, 1.54) is 6.07 Å². The molecule has 0 radical (unpaired) electrons. The van der Waals surface area contributed by atoms with Gasteiger partial charge in [-0.15, -0.1) is 0 Å². The maximum atomic E-state index is 13.7. The zero-order valence-corrected chi connectivity index (χ0v) is 10.1. The number of hydrogen-bond acceptors (Lipinski definition) is 2. The third kappa shape index (κ3) is 2.47. The maximum Gasteiger partial charge on any atom is 0.147 e. The molecule has 1 aliphatic rings. The average molecular weight is 243 g/mol. The topological polar surface area (TPSA) is 15.3 Å². The van der Waals surface area contributed by atoms with Crippen molar-refractivity contribution in [2.75, 3.05) is 31.6 Å². The highest BCUT2D eigenvalue weighted by Gasteiger charge is 2.23. The monoisotopic (exact) mass is 242 g/mol. The van der Waals surface area contributed by atoms with Crippen LogP contribution < -0.4 is 10.2 Å². The normalized spacial score (nSPS) is 20.4. The second kappa shape index (κ2) is 5.02. The zero-order chi connectivity index (χ0) is 11.5. The predicted molar refractivity (Wildman–Crippen MR) is 65.7 cm³/mol. The van der Waals surface area contributed by atoms with E-state index in [9.17, 15) is 4.39 Å². The molecule has 1 heterocycles. The number of nitrogens with zero attached hydrogens (tertiary/aromatic N) is 1. The van der Waals surface area contributed by atoms with Crippen LogP contribution in [0, 0.1) is 11.7 Å². The van der Waals surface area contributed by atoms with Gasteiger partial charge in [0.05, 0.1) is 5.69 Å². The largest absolute Gasteiger partial charge is 0.369 e. The lowest BCUT2D eigenvalue weighted by Crippen LogP contribution is -2.24. The summed E-state index contributed by atoms with van der Waals surface area (Å²) in [5, 5.41) is 3.61. The molecule has 1 fully saturated rings. The Bertz CT molecular complexity index is 370. The summed E-state index contributed by atoms with van der Waals surface area (Å²) in [7, 11) is 1.95. The molecule has 16 heavy (non-hydrogen) atoms. The second-order valence-electron chi connectivity index (χ2n) is 4.25. The third-order valence-electron chi connectivity index (χ3n) is 3.03. The van der Waals surface area contributed by atoms with Gasteiger partial charge in [0.2, 0.25) is 0 Å². The van der Waals surface area contributed by atoms with Gasteiger partial charge in [-0.3, -0.25) is 0 Å². The fourth-order valence-electron chi connectivity index (χ4n) is 2.24. The lowest BCUT2D eigenvalue weighted by atomic mass is 10.1. The minimum Gasteiger partial charge on any atom is -0.369 e. The van der Waals surface area contributed by atoms with Gasteiger partial charge in [0, 0.05) is 18.1 Å². The SMILES string of the molecule is CNCC1CCN(c2ccc(Cl)cc2F)C1. The van der Waals surface area contributed by atoms with Crippen LogP contribution >= 0.6 is 11.6 Å². The van der Waals surface area contributed by atoms with E-state index in [4.69, 9.17) is 11.6 Å². The molecule has 1 saturated heterocycles. The van der Waals surface area contributed by atoms with E-state index in [2.05, 4.69) is 10.2 Å². The van der Waals surface area contributed by atoms with Crippen LogP contribution in [0.4, 0.5) is 10.1 Å². The van der Waals surface area contributed by atoms with Gasteiger partial charge >= 0.3 is 0 Å². The van der Waals surface area contributed by atoms with Crippen LogP contribution in [0.2, 0.25) is 5.02 Å². The fourth-order valence-corrected chi connectivity index (χ4v) is 2.40. The smallest absolute Gasteiger partial charge is 0.147 e. The molecule has 0 amide bonds. The Labute approximate surface area is 100 Å². The molecule has 1 unspecified atom stereocenters. The first kappa shape index (κ1) is 11.7. The van der Waals surface area contributed by atoms with Crippen LogP contribution in [0.25, 0.3) is 0 Å². The van der Waals surface area contributed by atoms with Gasteiger partial charge in [0.15, 0.2) is 0 Å². The van der Waals surface area contributed by atoms with Crippen molar-refractivity contribution in [3.63, 3.8) is 0 Å². The highest BCUT2D eigenvalue weighted by Crippen LogP contribution is 2.27. The van der Waals surface area contributed by atoms with E-state index in [1.54, 1.807) is 12.1 Å². The van der Waals surface area contributed by atoms with E-state index in [0.29, 0.717) is 16.6 Å². The molecule has 2 rings (SSSR count). The van der Waals surface area contributed by atoms with Crippen molar-refractivity contribution in [2.24, 2.45) is 5.92 Å². The molecule has 1 atom stereocenters. The standard InChI is InChI=1S/C12H16ClFN2/c1-15-7-9-4-5-16(8-9)12-3-2-10(13)6-11(12)14/h2-3,6,9,15H,4-5,7-8H2,1H3. The van der Waals surface area contributed by atoms with E-state index in [-0.39, 0.29) is 5.82 Å². The predicted octanol–water partition coefficient (Wildman–Crippen LogP) is 2.52. The molecule has 0 aromatic heterocycles. The van der Waals surface area contributed by atoms with Crippen LogP contribution in [0.15, 0.2) is 18.2 Å². The minimum absolute atomic E-state index is 0.224. The summed E-state index contributed by atoms with van der Waals surface area (Å²) in [6.07, 6.45) is 1.11. The lowest BCUT2D eigenvalue weighted by molar-refractivity contribution is 0.548. The third-order valence-corrected chi connectivity index (χ3v) is 3.26. The van der Waals surface area contributed by atoms with E-state index in [1.807, 2.05) is 7.05 Å². The molecule has 0 spiro atoms. The lowest BCUT2D eigenvalue weighted by Gasteiger charge is -2.19. The Hall–Kier alpha value is -0.800. The van der Waals surface area contributed by atoms with E-state index in [0.717, 1.165) is 26.1 Å². The summed E-state index contributed by atoms with van der Waals surface area (Å²) in [6, 6.07) is 4.88. The Balaban J connectivity index is 2.08. The first-order valence-corrected chi connectivity index (χ1v) is 5.93. The molecule has 1 aliphatic heterocycles. The van der Waals surface area contributed by atoms with Crippen molar-refractivity contribution < 1.29 is 4.39 Å². The van der Waals surface area contributed by atoms with Crippen molar-refractivity contribution in [1.82, 2.24) is 5.32 Å². The number of nitrogens with one attached hydrogen (secondary N) is 1. The van der Waals surface area contributed by atoms with Gasteiger partial charge in [0.25, 0.3) is 0 Å². The van der Waals surface area contributed by atoms with Crippen molar-refractivity contribution in [3.8, 4) is 0 Å². The van der Waals surface area contributed by atoms with E-state index < -0.39 is 0 Å². The number of halogens is 2. The molecular weight excluding hydrogens is 227 g/mol. The van der Waals surface area contributed by atoms with Gasteiger partial charge in [-0.05, 0) is 44.1 Å². The van der Waals surface area contributed by atoms with Crippen LogP contribution in [0.5, 0.6) is 0 Å². The van der Waals surface area contributed by atoms with Gasteiger partial charge in [-0.25, -0.2) is 4.39 Å².